The van der Waals surface area contributed by atoms with Crippen molar-refractivity contribution in [3.63, 3.8) is 0 Å². The molecule has 0 aliphatic carbocycles. The molecule has 0 saturated heterocycles. The van der Waals surface area contributed by atoms with Crippen LogP contribution in [0.1, 0.15) is 23.4 Å². The minimum atomic E-state index is -0.286. The first-order valence-corrected chi connectivity index (χ1v) is 7.06. The van der Waals surface area contributed by atoms with Crippen molar-refractivity contribution in [1.82, 2.24) is 15.1 Å². The van der Waals surface area contributed by atoms with E-state index in [4.69, 9.17) is 11.6 Å². The summed E-state index contributed by atoms with van der Waals surface area (Å²) in [4.78, 5) is 11.8. The number of amides is 1. The standard InChI is InChI=1S/C15H17ClFN3O/c1-10-15(16)11(2)20(19-10)8-7-14(21)18-9-12-3-5-13(17)6-4-12/h3-6H,7-9H2,1-2H3,(H,18,21). The molecule has 0 radical (unpaired) electrons. The third-order valence-corrected chi connectivity index (χ3v) is 3.79. The molecule has 0 aliphatic heterocycles. The summed E-state index contributed by atoms with van der Waals surface area (Å²) in [5.41, 5.74) is 2.49. The molecule has 4 nitrogen and oxygen atoms in total. The Labute approximate surface area is 127 Å². The van der Waals surface area contributed by atoms with E-state index < -0.39 is 0 Å². The maximum Gasteiger partial charge on any atom is 0.222 e. The lowest BCUT2D eigenvalue weighted by Crippen LogP contribution is -2.24. The van der Waals surface area contributed by atoms with E-state index >= 15 is 0 Å². The predicted molar refractivity (Wildman–Crippen MR) is 79.6 cm³/mol. The number of aromatic nitrogens is 2. The molecule has 1 amide bonds. The van der Waals surface area contributed by atoms with Crippen molar-refractivity contribution in [3.8, 4) is 0 Å². The Balaban J connectivity index is 1.82. The number of aryl methyl sites for hydroxylation is 2. The SMILES string of the molecule is Cc1nn(CCC(=O)NCc2ccc(F)cc2)c(C)c1Cl. The summed E-state index contributed by atoms with van der Waals surface area (Å²) in [6, 6.07) is 6.05. The van der Waals surface area contributed by atoms with E-state index in [0.717, 1.165) is 17.0 Å². The minimum absolute atomic E-state index is 0.0806. The summed E-state index contributed by atoms with van der Waals surface area (Å²) in [5.74, 6) is -0.366. The van der Waals surface area contributed by atoms with E-state index in [0.29, 0.717) is 24.5 Å². The van der Waals surface area contributed by atoms with Crippen LogP contribution in [-0.4, -0.2) is 15.7 Å². The van der Waals surface area contributed by atoms with Crippen LogP contribution in [0.4, 0.5) is 4.39 Å². The van der Waals surface area contributed by atoms with Crippen molar-refractivity contribution in [3.05, 3.63) is 52.1 Å². The average Bonchev–Trinajstić information content (AvgIpc) is 2.72. The Morgan fingerprint density at radius 2 is 2.00 bits per heavy atom. The van der Waals surface area contributed by atoms with Crippen LogP contribution in [0, 0.1) is 19.7 Å². The van der Waals surface area contributed by atoms with E-state index in [9.17, 15) is 9.18 Å². The van der Waals surface area contributed by atoms with Gasteiger partial charge in [-0.1, -0.05) is 23.7 Å². The van der Waals surface area contributed by atoms with Crippen molar-refractivity contribution in [2.45, 2.75) is 33.4 Å². The topological polar surface area (TPSA) is 46.9 Å². The Kier molecular flexibility index (Phi) is 4.96. The number of rotatable bonds is 5. The Hall–Kier alpha value is -1.88. The number of hydrogen-bond donors (Lipinski definition) is 1. The first-order chi connectivity index (χ1) is 9.97. The van der Waals surface area contributed by atoms with Crippen molar-refractivity contribution in [1.29, 1.82) is 0 Å². The quantitative estimate of drug-likeness (QED) is 0.923. The maximum atomic E-state index is 12.8. The van der Waals surface area contributed by atoms with Crippen LogP contribution < -0.4 is 5.32 Å². The molecule has 1 heterocycles. The third-order valence-electron chi connectivity index (χ3n) is 3.25. The summed E-state index contributed by atoms with van der Waals surface area (Å²) in [6.45, 7) is 4.57. The molecular weight excluding hydrogens is 293 g/mol. The molecule has 1 aromatic carbocycles. The van der Waals surface area contributed by atoms with E-state index in [1.807, 2.05) is 13.8 Å². The highest BCUT2D eigenvalue weighted by Crippen LogP contribution is 2.18. The lowest BCUT2D eigenvalue weighted by atomic mass is 10.2. The third kappa shape index (κ3) is 4.04. The Bertz CT molecular complexity index is 637. The Morgan fingerprint density at radius 3 is 2.57 bits per heavy atom. The second-order valence-electron chi connectivity index (χ2n) is 4.86. The van der Waals surface area contributed by atoms with Gasteiger partial charge in [-0.2, -0.15) is 5.10 Å². The van der Waals surface area contributed by atoms with Gasteiger partial charge in [0, 0.05) is 13.0 Å². The summed E-state index contributed by atoms with van der Waals surface area (Å²) in [7, 11) is 0. The van der Waals surface area contributed by atoms with Crippen molar-refractivity contribution < 1.29 is 9.18 Å². The highest BCUT2D eigenvalue weighted by Gasteiger charge is 2.10. The first-order valence-electron chi connectivity index (χ1n) is 6.68. The molecule has 2 aromatic rings. The molecule has 1 N–H and O–H groups in total. The van der Waals surface area contributed by atoms with Crippen molar-refractivity contribution >= 4 is 17.5 Å². The largest absolute Gasteiger partial charge is 0.352 e. The molecule has 21 heavy (non-hydrogen) atoms. The molecule has 0 atom stereocenters. The number of halogens is 2. The average molecular weight is 310 g/mol. The minimum Gasteiger partial charge on any atom is -0.352 e. The number of nitrogens with one attached hydrogen (secondary N) is 1. The van der Waals surface area contributed by atoms with E-state index in [1.165, 1.54) is 12.1 Å². The van der Waals surface area contributed by atoms with Crippen LogP contribution in [0.2, 0.25) is 5.02 Å². The van der Waals surface area contributed by atoms with E-state index in [-0.39, 0.29) is 11.7 Å². The fourth-order valence-corrected chi connectivity index (χ4v) is 2.13. The van der Waals surface area contributed by atoms with Crippen LogP contribution in [0.5, 0.6) is 0 Å². The number of carbonyl (C=O) groups is 1. The monoisotopic (exact) mass is 309 g/mol. The molecule has 0 aliphatic rings. The van der Waals surface area contributed by atoms with Crippen LogP contribution in [-0.2, 0) is 17.9 Å². The van der Waals surface area contributed by atoms with Crippen LogP contribution >= 0.6 is 11.6 Å². The molecule has 0 fully saturated rings. The number of carbonyl (C=O) groups excluding carboxylic acids is 1. The summed E-state index contributed by atoms with van der Waals surface area (Å²) >= 11 is 6.05. The smallest absolute Gasteiger partial charge is 0.222 e. The van der Waals surface area contributed by atoms with Crippen molar-refractivity contribution in [2.75, 3.05) is 0 Å². The predicted octanol–water partition coefficient (Wildman–Crippen LogP) is 3.00. The second kappa shape index (κ2) is 6.72. The number of nitrogens with zero attached hydrogens (tertiary/aromatic N) is 2. The molecule has 6 heteroatoms. The lowest BCUT2D eigenvalue weighted by Gasteiger charge is -2.07. The summed E-state index contributed by atoms with van der Waals surface area (Å²) in [6.07, 6.45) is 0.319. The maximum absolute atomic E-state index is 12.8. The molecule has 2 rings (SSSR count). The molecule has 0 bridgehead atoms. The van der Waals surface area contributed by atoms with Gasteiger partial charge >= 0.3 is 0 Å². The zero-order valence-corrected chi connectivity index (χ0v) is 12.7. The van der Waals surface area contributed by atoms with Gasteiger partial charge in [-0.3, -0.25) is 9.48 Å². The molecule has 0 spiro atoms. The van der Waals surface area contributed by atoms with Gasteiger partial charge in [0.05, 0.1) is 23.0 Å². The van der Waals surface area contributed by atoms with Gasteiger partial charge in [0.25, 0.3) is 0 Å². The van der Waals surface area contributed by atoms with Gasteiger partial charge in [-0.05, 0) is 31.5 Å². The van der Waals surface area contributed by atoms with Gasteiger partial charge in [-0.15, -0.1) is 0 Å². The number of hydrogen-bond acceptors (Lipinski definition) is 2. The van der Waals surface area contributed by atoms with E-state index in [2.05, 4.69) is 10.4 Å². The van der Waals surface area contributed by atoms with Gasteiger partial charge in [0.15, 0.2) is 0 Å². The summed E-state index contributed by atoms with van der Waals surface area (Å²) < 4.78 is 14.5. The molecular formula is C15H17ClFN3O. The fourth-order valence-electron chi connectivity index (χ4n) is 1.99. The highest BCUT2D eigenvalue weighted by molar-refractivity contribution is 6.31. The van der Waals surface area contributed by atoms with Crippen LogP contribution in [0.3, 0.4) is 0 Å². The zero-order valence-electron chi connectivity index (χ0n) is 12.0. The summed E-state index contributed by atoms with van der Waals surface area (Å²) in [5, 5.41) is 7.71. The van der Waals surface area contributed by atoms with Gasteiger partial charge in [0.2, 0.25) is 5.91 Å². The van der Waals surface area contributed by atoms with Crippen LogP contribution in [0.15, 0.2) is 24.3 Å². The zero-order chi connectivity index (χ0) is 15.4. The van der Waals surface area contributed by atoms with Gasteiger partial charge in [-0.25, -0.2) is 4.39 Å². The number of benzene rings is 1. The molecule has 0 unspecified atom stereocenters. The second-order valence-corrected chi connectivity index (χ2v) is 5.24. The van der Waals surface area contributed by atoms with Crippen LogP contribution in [0.25, 0.3) is 0 Å². The highest BCUT2D eigenvalue weighted by atomic mass is 35.5. The molecule has 0 saturated carbocycles. The Morgan fingerprint density at radius 1 is 1.33 bits per heavy atom. The molecule has 112 valence electrons. The fraction of sp³-hybridized carbons (Fsp3) is 0.333. The normalized spacial score (nSPS) is 10.7. The van der Waals surface area contributed by atoms with Gasteiger partial charge < -0.3 is 5.32 Å². The first kappa shape index (κ1) is 15.5. The lowest BCUT2D eigenvalue weighted by molar-refractivity contribution is -0.121. The molecule has 1 aromatic heterocycles. The van der Waals surface area contributed by atoms with Gasteiger partial charge in [0.1, 0.15) is 5.82 Å². The van der Waals surface area contributed by atoms with E-state index in [1.54, 1.807) is 16.8 Å². The van der Waals surface area contributed by atoms with Crippen molar-refractivity contribution in [2.24, 2.45) is 0 Å².